The van der Waals surface area contributed by atoms with Crippen molar-refractivity contribution in [2.24, 2.45) is 0 Å². The lowest BCUT2D eigenvalue weighted by molar-refractivity contribution is 0.0370. The molecule has 2 heterocycles. The highest BCUT2D eigenvalue weighted by Gasteiger charge is 2.34. The first-order chi connectivity index (χ1) is 8.91. The molecule has 0 spiro atoms. The van der Waals surface area contributed by atoms with Crippen LogP contribution in [0.15, 0.2) is 16.9 Å². The molecular weight excluding hydrogens is 308 g/mol. The Morgan fingerprint density at radius 2 is 1.95 bits per heavy atom. The molecule has 2 rings (SSSR count). The van der Waals surface area contributed by atoms with Crippen molar-refractivity contribution in [1.82, 2.24) is 14.9 Å². The van der Waals surface area contributed by atoms with E-state index in [1.165, 1.54) is 0 Å². The standard InChI is InChI=1S/C13H21BrN4O/c1-13(2,3)18-5-4-17(8-11(18)9-19)12-15-6-10(14)7-16-12/h6-7,11,19H,4-5,8-9H2,1-3H3/t11-/m1/s1. The first kappa shape index (κ1) is 14.7. The van der Waals surface area contributed by atoms with E-state index in [1.807, 2.05) is 0 Å². The van der Waals surface area contributed by atoms with E-state index in [9.17, 15) is 5.11 Å². The summed E-state index contributed by atoms with van der Waals surface area (Å²) >= 11 is 3.34. The third-order valence-corrected chi connectivity index (χ3v) is 3.85. The van der Waals surface area contributed by atoms with Crippen molar-refractivity contribution in [3.05, 3.63) is 16.9 Å². The van der Waals surface area contributed by atoms with Gasteiger partial charge in [-0.3, -0.25) is 4.90 Å². The monoisotopic (exact) mass is 328 g/mol. The Bertz CT molecular complexity index is 418. The zero-order valence-electron chi connectivity index (χ0n) is 11.7. The molecule has 0 amide bonds. The number of rotatable bonds is 2. The van der Waals surface area contributed by atoms with Gasteiger partial charge >= 0.3 is 0 Å². The summed E-state index contributed by atoms with van der Waals surface area (Å²) in [5.74, 6) is 0.732. The normalized spacial score (nSPS) is 21.7. The third-order valence-electron chi connectivity index (χ3n) is 3.44. The molecule has 1 N–H and O–H groups in total. The van der Waals surface area contributed by atoms with Crippen molar-refractivity contribution in [3.8, 4) is 0 Å². The minimum absolute atomic E-state index is 0.0695. The van der Waals surface area contributed by atoms with Crippen molar-refractivity contribution in [2.75, 3.05) is 31.1 Å². The van der Waals surface area contributed by atoms with Crippen LogP contribution in [0.3, 0.4) is 0 Å². The number of halogens is 1. The highest BCUT2D eigenvalue weighted by atomic mass is 79.9. The Morgan fingerprint density at radius 1 is 1.32 bits per heavy atom. The molecule has 0 saturated carbocycles. The van der Waals surface area contributed by atoms with Gasteiger partial charge in [-0.15, -0.1) is 0 Å². The molecule has 0 unspecified atom stereocenters. The Hall–Kier alpha value is -0.720. The van der Waals surface area contributed by atoms with E-state index in [0.29, 0.717) is 0 Å². The SMILES string of the molecule is CC(C)(C)N1CCN(c2ncc(Br)cn2)C[C@@H]1CO. The number of piperazine rings is 1. The summed E-state index contributed by atoms with van der Waals surface area (Å²) in [7, 11) is 0. The lowest BCUT2D eigenvalue weighted by atomic mass is 10.0. The number of hydrogen-bond donors (Lipinski definition) is 1. The molecule has 1 aromatic rings. The van der Waals surface area contributed by atoms with Gasteiger partial charge in [0, 0.05) is 37.6 Å². The van der Waals surface area contributed by atoms with Crippen molar-refractivity contribution >= 4 is 21.9 Å². The molecule has 106 valence electrons. The summed E-state index contributed by atoms with van der Waals surface area (Å²) in [6, 6.07) is 0.126. The quantitative estimate of drug-likeness (QED) is 0.892. The molecule has 0 aliphatic carbocycles. The maximum absolute atomic E-state index is 9.62. The molecule has 1 aliphatic rings. The molecular formula is C13H21BrN4O. The summed E-state index contributed by atoms with van der Waals surface area (Å²) in [6.07, 6.45) is 3.51. The number of aliphatic hydroxyl groups excluding tert-OH is 1. The van der Waals surface area contributed by atoms with Gasteiger partial charge in [0.05, 0.1) is 17.1 Å². The highest BCUT2D eigenvalue weighted by molar-refractivity contribution is 9.10. The molecule has 6 heteroatoms. The van der Waals surface area contributed by atoms with Crippen molar-refractivity contribution in [1.29, 1.82) is 0 Å². The smallest absolute Gasteiger partial charge is 0.225 e. The highest BCUT2D eigenvalue weighted by Crippen LogP contribution is 2.23. The summed E-state index contributed by atoms with van der Waals surface area (Å²) in [4.78, 5) is 13.1. The largest absolute Gasteiger partial charge is 0.395 e. The van der Waals surface area contributed by atoms with Gasteiger partial charge < -0.3 is 10.0 Å². The molecule has 5 nitrogen and oxygen atoms in total. The number of hydrogen-bond acceptors (Lipinski definition) is 5. The number of aliphatic hydroxyl groups is 1. The van der Waals surface area contributed by atoms with E-state index in [1.54, 1.807) is 12.4 Å². The van der Waals surface area contributed by atoms with Crippen LogP contribution in [-0.2, 0) is 0 Å². The number of aromatic nitrogens is 2. The Labute approximate surface area is 122 Å². The lowest BCUT2D eigenvalue weighted by Crippen LogP contribution is -2.60. The average molecular weight is 329 g/mol. The summed E-state index contributed by atoms with van der Waals surface area (Å²) in [6.45, 7) is 9.26. The molecule has 0 bridgehead atoms. The Balaban J connectivity index is 2.10. The van der Waals surface area contributed by atoms with Gasteiger partial charge in [-0.1, -0.05) is 0 Å². The van der Waals surface area contributed by atoms with Crippen LogP contribution in [0.5, 0.6) is 0 Å². The number of nitrogens with zero attached hydrogens (tertiary/aromatic N) is 4. The van der Waals surface area contributed by atoms with Gasteiger partial charge in [-0.25, -0.2) is 9.97 Å². The zero-order chi connectivity index (χ0) is 14.0. The fourth-order valence-corrected chi connectivity index (χ4v) is 2.75. The second-order valence-electron chi connectivity index (χ2n) is 5.85. The van der Waals surface area contributed by atoms with E-state index in [2.05, 4.69) is 56.5 Å². The Morgan fingerprint density at radius 3 is 2.47 bits per heavy atom. The van der Waals surface area contributed by atoms with Crippen LogP contribution in [0.1, 0.15) is 20.8 Å². The van der Waals surface area contributed by atoms with Gasteiger partial charge in [-0.2, -0.15) is 0 Å². The minimum atomic E-state index is 0.0695. The first-order valence-corrected chi connectivity index (χ1v) is 7.31. The number of anilines is 1. The van der Waals surface area contributed by atoms with E-state index in [0.717, 1.165) is 30.1 Å². The van der Waals surface area contributed by atoms with Gasteiger partial charge in [0.25, 0.3) is 0 Å². The van der Waals surface area contributed by atoms with Crippen LogP contribution < -0.4 is 4.90 Å². The maximum atomic E-state index is 9.62. The predicted molar refractivity (Wildman–Crippen MR) is 79.3 cm³/mol. The van der Waals surface area contributed by atoms with E-state index in [-0.39, 0.29) is 18.2 Å². The first-order valence-electron chi connectivity index (χ1n) is 6.52. The third kappa shape index (κ3) is 3.43. The van der Waals surface area contributed by atoms with Crippen molar-refractivity contribution < 1.29 is 5.11 Å². The maximum Gasteiger partial charge on any atom is 0.225 e. The van der Waals surface area contributed by atoms with Crippen molar-refractivity contribution in [2.45, 2.75) is 32.4 Å². The molecule has 19 heavy (non-hydrogen) atoms. The second kappa shape index (κ2) is 5.73. The topological polar surface area (TPSA) is 52.5 Å². The fraction of sp³-hybridized carbons (Fsp3) is 0.692. The fourth-order valence-electron chi connectivity index (χ4n) is 2.55. The minimum Gasteiger partial charge on any atom is -0.395 e. The molecule has 0 aromatic carbocycles. The van der Waals surface area contributed by atoms with Gasteiger partial charge in [-0.05, 0) is 36.7 Å². The second-order valence-corrected chi connectivity index (χ2v) is 6.76. The average Bonchev–Trinajstić information content (AvgIpc) is 2.38. The van der Waals surface area contributed by atoms with Crippen molar-refractivity contribution in [3.63, 3.8) is 0 Å². The van der Waals surface area contributed by atoms with Gasteiger partial charge in [0.1, 0.15) is 0 Å². The van der Waals surface area contributed by atoms with Crippen LogP contribution in [0.25, 0.3) is 0 Å². The van der Waals surface area contributed by atoms with Crippen LogP contribution in [-0.4, -0.2) is 57.8 Å². The Kier molecular flexibility index (Phi) is 4.43. The molecule has 1 saturated heterocycles. The molecule has 0 radical (unpaired) electrons. The molecule has 1 aliphatic heterocycles. The van der Waals surface area contributed by atoms with Gasteiger partial charge in [0.2, 0.25) is 5.95 Å². The van der Waals surface area contributed by atoms with Gasteiger partial charge in [0.15, 0.2) is 0 Å². The molecule has 1 atom stereocenters. The zero-order valence-corrected chi connectivity index (χ0v) is 13.3. The predicted octanol–water partition coefficient (Wildman–Crippen LogP) is 1.52. The van der Waals surface area contributed by atoms with Crippen LogP contribution in [0, 0.1) is 0 Å². The van der Waals surface area contributed by atoms with E-state index < -0.39 is 0 Å². The van der Waals surface area contributed by atoms with Crippen LogP contribution >= 0.6 is 15.9 Å². The molecule has 1 aromatic heterocycles. The van der Waals surface area contributed by atoms with E-state index in [4.69, 9.17) is 0 Å². The van der Waals surface area contributed by atoms with Crippen LogP contribution in [0.4, 0.5) is 5.95 Å². The summed E-state index contributed by atoms with van der Waals surface area (Å²) < 4.78 is 0.878. The van der Waals surface area contributed by atoms with E-state index >= 15 is 0 Å². The lowest BCUT2D eigenvalue weighted by Gasteiger charge is -2.47. The summed E-state index contributed by atoms with van der Waals surface area (Å²) in [5, 5.41) is 9.62. The van der Waals surface area contributed by atoms with Crippen LogP contribution in [0.2, 0.25) is 0 Å². The molecule has 1 fully saturated rings. The summed E-state index contributed by atoms with van der Waals surface area (Å²) in [5.41, 5.74) is 0.0695.